The van der Waals surface area contributed by atoms with Crippen molar-refractivity contribution < 1.29 is 19.1 Å². The molecule has 27 heavy (non-hydrogen) atoms. The molecule has 0 saturated heterocycles. The lowest BCUT2D eigenvalue weighted by Gasteiger charge is -2.24. The van der Waals surface area contributed by atoms with Crippen LogP contribution in [0.2, 0.25) is 0 Å². The number of carboxylic acids is 1. The highest BCUT2D eigenvalue weighted by molar-refractivity contribution is 7.15. The molecule has 1 atom stereocenters. The zero-order valence-corrected chi connectivity index (χ0v) is 15.3. The van der Waals surface area contributed by atoms with Crippen molar-refractivity contribution in [3.8, 4) is 11.1 Å². The van der Waals surface area contributed by atoms with Crippen LogP contribution >= 0.6 is 11.3 Å². The quantitative estimate of drug-likeness (QED) is 0.668. The van der Waals surface area contributed by atoms with E-state index in [1.165, 1.54) is 35.6 Å². The maximum Gasteiger partial charge on any atom is 0.346 e. The van der Waals surface area contributed by atoms with Crippen LogP contribution in [0.15, 0.2) is 48.5 Å². The summed E-state index contributed by atoms with van der Waals surface area (Å²) in [4.78, 5) is 25.2. The molecule has 0 aliphatic carbocycles. The van der Waals surface area contributed by atoms with Gasteiger partial charge in [0, 0.05) is 22.8 Å². The second-order valence-corrected chi connectivity index (χ2v) is 7.63. The summed E-state index contributed by atoms with van der Waals surface area (Å²) >= 11 is 1.17. The summed E-state index contributed by atoms with van der Waals surface area (Å²) in [5.41, 5.74) is 3.58. The van der Waals surface area contributed by atoms with Gasteiger partial charge in [-0.3, -0.25) is 4.79 Å². The van der Waals surface area contributed by atoms with Gasteiger partial charge < -0.3 is 10.4 Å². The summed E-state index contributed by atoms with van der Waals surface area (Å²) in [5, 5.41) is 12.6. The minimum atomic E-state index is -1.06. The Bertz CT molecular complexity index is 1060. The summed E-state index contributed by atoms with van der Waals surface area (Å²) in [6.45, 7) is 1.98. The Hall–Kier alpha value is -2.99. The van der Waals surface area contributed by atoms with Gasteiger partial charge in [0.2, 0.25) is 5.91 Å². The molecule has 1 aliphatic rings. The summed E-state index contributed by atoms with van der Waals surface area (Å²) in [6.07, 6.45) is 0.263. The van der Waals surface area contributed by atoms with Crippen LogP contribution in [0, 0.1) is 12.7 Å². The molecule has 1 amide bonds. The Kier molecular flexibility index (Phi) is 4.28. The first kappa shape index (κ1) is 17.4. The fourth-order valence-electron chi connectivity index (χ4n) is 3.49. The van der Waals surface area contributed by atoms with E-state index in [0.29, 0.717) is 16.8 Å². The van der Waals surface area contributed by atoms with Crippen LogP contribution in [-0.4, -0.2) is 17.0 Å². The maximum absolute atomic E-state index is 13.3. The number of aryl methyl sites for hydroxylation is 1. The highest BCUT2D eigenvalue weighted by atomic mass is 32.1. The third-order valence-electron chi connectivity index (χ3n) is 4.68. The lowest BCUT2D eigenvalue weighted by Crippen LogP contribution is -2.22. The molecule has 0 fully saturated rings. The number of thiophene rings is 1. The number of amides is 1. The second kappa shape index (κ2) is 6.63. The van der Waals surface area contributed by atoms with Crippen molar-refractivity contribution in [2.24, 2.45) is 0 Å². The number of benzene rings is 2. The SMILES string of the molecule is Cc1cccc([C@H]2CC(=O)Nc3c2sc(C(=O)O)c3-c2ccc(F)cc2)c1. The number of carbonyl (C=O) groups is 2. The molecular formula is C21H16FNO3S. The van der Waals surface area contributed by atoms with Crippen LogP contribution in [0.25, 0.3) is 11.1 Å². The summed E-state index contributed by atoms with van der Waals surface area (Å²) in [5.74, 6) is -1.83. The minimum absolute atomic E-state index is 0.145. The first-order chi connectivity index (χ1) is 12.9. The standard InChI is InChI=1S/C21H16FNO3S/c1-11-3-2-4-13(9-11)15-10-16(24)23-18-17(12-5-7-14(22)8-6-12)20(21(25)26)27-19(15)18/h2-9,15H,10H2,1H3,(H,23,24)(H,25,26)/t15-/m1/s1. The molecule has 0 saturated carbocycles. The van der Waals surface area contributed by atoms with E-state index in [2.05, 4.69) is 5.32 Å². The number of carboxylic acid groups (broad SMARTS) is 1. The highest BCUT2D eigenvalue weighted by Crippen LogP contribution is 2.49. The van der Waals surface area contributed by atoms with Gasteiger partial charge in [0.05, 0.1) is 5.69 Å². The monoisotopic (exact) mass is 381 g/mol. The molecule has 1 aliphatic heterocycles. The number of anilines is 1. The number of hydrogen-bond donors (Lipinski definition) is 2. The van der Waals surface area contributed by atoms with Crippen molar-refractivity contribution in [3.05, 3.63) is 75.2 Å². The predicted molar refractivity (Wildman–Crippen MR) is 103 cm³/mol. The molecule has 3 aromatic rings. The lowest BCUT2D eigenvalue weighted by molar-refractivity contribution is -0.116. The van der Waals surface area contributed by atoms with E-state index < -0.39 is 11.8 Å². The fraction of sp³-hybridized carbons (Fsp3) is 0.143. The van der Waals surface area contributed by atoms with E-state index in [-0.39, 0.29) is 23.1 Å². The van der Waals surface area contributed by atoms with Crippen molar-refractivity contribution in [1.82, 2.24) is 0 Å². The largest absolute Gasteiger partial charge is 0.477 e. The lowest BCUT2D eigenvalue weighted by atomic mass is 9.88. The van der Waals surface area contributed by atoms with E-state index in [4.69, 9.17) is 0 Å². The van der Waals surface area contributed by atoms with Crippen LogP contribution in [0.3, 0.4) is 0 Å². The first-order valence-electron chi connectivity index (χ1n) is 8.46. The Morgan fingerprint density at radius 1 is 1.22 bits per heavy atom. The molecule has 2 heterocycles. The number of fused-ring (bicyclic) bond motifs is 1. The van der Waals surface area contributed by atoms with E-state index in [9.17, 15) is 19.1 Å². The number of aromatic carboxylic acids is 1. The second-order valence-electron chi connectivity index (χ2n) is 6.58. The van der Waals surface area contributed by atoms with Crippen molar-refractivity contribution >= 4 is 28.9 Å². The number of rotatable bonds is 3. The highest BCUT2D eigenvalue weighted by Gasteiger charge is 2.34. The van der Waals surface area contributed by atoms with E-state index in [1.807, 2.05) is 31.2 Å². The normalized spacial score (nSPS) is 15.9. The fourth-order valence-corrected chi connectivity index (χ4v) is 4.73. The first-order valence-corrected chi connectivity index (χ1v) is 9.28. The molecule has 0 spiro atoms. The molecule has 4 nitrogen and oxygen atoms in total. The van der Waals surface area contributed by atoms with Crippen LogP contribution in [0.1, 0.15) is 38.0 Å². The molecule has 2 N–H and O–H groups in total. The van der Waals surface area contributed by atoms with Crippen LogP contribution in [0.4, 0.5) is 10.1 Å². The van der Waals surface area contributed by atoms with Gasteiger partial charge in [-0.2, -0.15) is 0 Å². The zero-order valence-electron chi connectivity index (χ0n) is 14.5. The Morgan fingerprint density at radius 3 is 2.63 bits per heavy atom. The Morgan fingerprint density at radius 2 is 1.96 bits per heavy atom. The summed E-state index contributed by atoms with van der Waals surface area (Å²) < 4.78 is 13.3. The van der Waals surface area contributed by atoms with Gasteiger partial charge in [-0.05, 0) is 30.2 Å². The van der Waals surface area contributed by atoms with E-state index in [1.54, 1.807) is 0 Å². The molecule has 4 rings (SSSR count). The van der Waals surface area contributed by atoms with Gasteiger partial charge in [0.15, 0.2) is 0 Å². The number of nitrogens with one attached hydrogen (secondary N) is 1. The molecule has 6 heteroatoms. The third kappa shape index (κ3) is 3.13. The van der Waals surface area contributed by atoms with Gasteiger partial charge in [0.25, 0.3) is 0 Å². The Labute approximate surface area is 159 Å². The number of carbonyl (C=O) groups excluding carboxylic acids is 1. The van der Waals surface area contributed by atoms with Crippen molar-refractivity contribution in [2.75, 3.05) is 5.32 Å². The predicted octanol–water partition coefficient (Wildman–Crippen LogP) is 5.03. The summed E-state index contributed by atoms with van der Waals surface area (Å²) in [6, 6.07) is 13.5. The van der Waals surface area contributed by atoms with Gasteiger partial charge in [-0.1, -0.05) is 42.0 Å². The van der Waals surface area contributed by atoms with Gasteiger partial charge in [0.1, 0.15) is 10.7 Å². The Balaban J connectivity index is 1.94. The number of hydrogen-bond acceptors (Lipinski definition) is 3. The van der Waals surface area contributed by atoms with Gasteiger partial charge >= 0.3 is 5.97 Å². The molecule has 136 valence electrons. The van der Waals surface area contributed by atoms with E-state index in [0.717, 1.165) is 16.0 Å². The topological polar surface area (TPSA) is 66.4 Å². The minimum Gasteiger partial charge on any atom is -0.477 e. The number of halogens is 1. The van der Waals surface area contributed by atoms with Gasteiger partial charge in [-0.15, -0.1) is 11.3 Å². The third-order valence-corrected chi connectivity index (χ3v) is 5.97. The zero-order chi connectivity index (χ0) is 19.1. The smallest absolute Gasteiger partial charge is 0.346 e. The average molecular weight is 381 g/mol. The van der Waals surface area contributed by atoms with E-state index >= 15 is 0 Å². The molecule has 0 unspecified atom stereocenters. The molecule has 0 radical (unpaired) electrons. The average Bonchev–Trinajstić information content (AvgIpc) is 3.01. The van der Waals surface area contributed by atoms with Crippen LogP contribution in [0.5, 0.6) is 0 Å². The van der Waals surface area contributed by atoms with Crippen LogP contribution < -0.4 is 5.32 Å². The van der Waals surface area contributed by atoms with Crippen molar-refractivity contribution in [2.45, 2.75) is 19.3 Å². The maximum atomic E-state index is 13.3. The molecule has 0 bridgehead atoms. The van der Waals surface area contributed by atoms with Crippen molar-refractivity contribution in [3.63, 3.8) is 0 Å². The molecule has 2 aromatic carbocycles. The van der Waals surface area contributed by atoms with Crippen LogP contribution in [-0.2, 0) is 4.79 Å². The summed E-state index contributed by atoms with van der Waals surface area (Å²) in [7, 11) is 0. The molecular weight excluding hydrogens is 365 g/mol. The van der Waals surface area contributed by atoms with Gasteiger partial charge in [-0.25, -0.2) is 9.18 Å². The van der Waals surface area contributed by atoms with Crippen molar-refractivity contribution in [1.29, 1.82) is 0 Å². The molecule has 1 aromatic heterocycles.